The van der Waals surface area contributed by atoms with Crippen LogP contribution in [-0.4, -0.2) is 35.0 Å². The lowest BCUT2D eigenvalue weighted by Gasteiger charge is -2.18. The number of ether oxygens (including phenoxy) is 1. The molecular formula is C21H17F3N2O2. The molecule has 0 radical (unpaired) electrons. The second-order valence-corrected chi connectivity index (χ2v) is 6.69. The lowest BCUT2D eigenvalue weighted by atomic mass is 10.1. The zero-order valence-electron chi connectivity index (χ0n) is 14.8. The number of carbonyl (C=O) groups excluding carboxylic acids is 1. The van der Waals surface area contributed by atoms with Crippen molar-refractivity contribution in [2.24, 2.45) is 0 Å². The van der Waals surface area contributed by atoms with Gasteiger partial charge in [0.1, 0.15) is 17.4 Å². The van der Waals surface area contributed by atoms with Crippen molar-refractivity contribution >= 4 is 16.8 Å². The molecule has 1 aliphatic rings. The van der Waals surface area contributed by atoms with Crippen molar-refractivity contribution in [3.63, 3.8) is 0 Å². The van der Waals surface area contributed by atoms with Crippen molar-refractivity contribution in [3.05, 3.63) is 71.9 Å². The van der Waals surface area contributed by atoms with Crippen LogP contribution in [0.25, 0.3) is 10.9 Å². The Kier molecular flexibility index (Phi) is 4.66. The molecule has 1 fully saturated rings. The van der Waals surface area contributed by atoms with Gasteiger partial charge in [0.15, 0.2) is 0 Å². The van der Waals surface area contributed by atoms with E-state index in [-0.39, 0.29) is 11.7 Å². The van der Waals surface area contributed by atoms with E-state index >= 15 is 0 Å². The van der Waals surface area contributed by atoms with E-state index in [1.54, 1.807) is 6.20 Å². The van der Waals surface area contributed by atoms with E-state index in [0.717, 1.165) is 23.0 Å². The summed E-state index contributed by atoms with van der Waals surface area (Å²) in [5.74, 6) is 0.213. The van der Waals surface area contributed by atoms with Gasteiger partial charge in [-0.05, 0) is 30.3 Å². The number of alkyl halides is 3. The molecule has 1 atom stereocenters. The maximum absolute atomic E-state index is 12.9. The van der Waals surface area contributed by atoms with Gasteiger partial charge in [-0.25, -0.2) is 0 Å². The van der Waals surface area contributed by atoms with Crippen LogP contribution in [0.2, 0.25) is 0 Å². The number of rotatable bonds is 3. The number of hydrogen-bond acceptors (Lipinski definition) is 3. The molecule has 0 saturated carbocycles. The Morgan fingerprint density at radius 2 is 1.89 bits per heavy atom. The van der Waals surface area contributed by atoms with E-state index in [1.165, 1.54) is 17.0 Å². The zero-order chi connectivity index (χ0) is 19.7. The third-order valence-corrected chi connectivity index (χ3v) is 4.76. The van der Waals surface area contributed by atoms with Crippen LogP contribution in [0.15, 0.2) is 60.8 Å². The zero-order valence-corrected chi connectivity index (χ0v) is 14.8. The number of pyridine rings is 1. The number of likely N-dealkylation sites (tertiary alicyclic amines) is 1. The lowest BCUT2D eigenvalue weighted by molar-refractivity contribution is -0.137. The first kappa shape index (κ1) is 18.3. The molecule has 1 saturated heterocycles. The van der Waals surface area contributed by atoms with Gasteiger partial charge in [-0.2, -0.15) is 13.2 Å². The Balaban J connectivity index is 1.48. The summed E-state index contributed by atoms with van der Waals surface area (Å²) in [5.41, 5.74) is -0.0536. The maximum Gasteiger partial charge on any atom is 0.416 e. The van der Waals surface area contributed by atoms with E-state index in [4.69, 9.17) is 4.74 Å². The lowest BCUT2D eigenvalue weighted by Crippen LogP contribution is -2.31. The summed E-state index contributed by atoms with van der Waals surface area (Å²) >= 11 is 0. The minimum Gasteiger partial charge on any atom is -0.486 e. The number of para-hydroxylation sites is 1. The van der Waals surface area contributed by atoms with E-state index in [1.807, 2.05) is 30.3 Å². The van der Waals surface area contributed by atoms with Crippen LogP contribution in [0.4, 0.5) is 13.2 Å². The Morgan fingerprint density at radius 1 is 1.11 bits per heavy atom. The second-order valence-electron chi connectivity index (χ2n) is 6.69. The number of benzene rings is 2. The first-order chi connectivity index (χ1) is 13.4. The fraction of sp³-hybridized carbons (Fsp3) is 0.238. The van der Waals surface area contributed by atoms with Crippen molar-refractivity contribution in [1.29, 1.82) is 0 Å². The molecule has 7 heteroatoms. The standard InChI is InChI=1S/C21H17F3N2O2/c22-21(23,24)16-7-1-5-15(12-16)20(27)26-11-9-17(13-26)28-18-8-2-4-14-6-3-10-25-19(14)18/h1-8,10,12,17H,9,11,13H2. The molecule has 1 amide bonds. The molecule has 3 aromatic rings. The fourth-order valence-electron chi connectivity index (χ4n) is 3.37. The molecule has 4 rings (SSSR count). The van der Waals surface area contributed by atoms with Crippen LogP contribution in [-0.2, 0) is 6.18 Å². The van der Waals surface area contributed by atoms with Gasteiger partial charge in [-0.15, -0.1) is 0 Å². The SMILES string of the molecule is O=C(c1cccc(C(F)(F)F)c1)N1CCC(Oc2cccc3cccnc23)C1. The van der Waals surface area contributed by atoms with Crippen LogP contribution in [0, 0.1) is 0 Å². The minimum absolute atomic E-state index is 0.0299. The molecule has 4 nitrogen and oxygen atoms in total. The molecule has 144 valence electrons. The average molecular weight is 386 g/mol. The molecule has 0 aliphatic carbocycles. The molecule has 2 aromatic carbocycles. The average Bonchev–Trinajstić information content (AvgIpc) is 3.16. The van der Waals surface area contributed by atoms with Crippen molar-refractivity contribution in [3.8, 4) is 5.75 Å². The molecule has 0 spiro atoms. The maximum atomic E-state index is 12.9. The first-order valence-electron chi connectivity index (χ1n) is 8.89. The smallest absolute Gasteiger partial charge is 0.416 e. The van der Waals surface area contributed by atoms with Crippen LogP contribution in [0.3, 0.4) is 0 Å². The molecule has 2 heterocycles. The van der Waals surface area contributed by atoms with Gasteiger partial charge in [0.2, 0.25) is 0 Å². The van der Waals surface area contributed by atoms with E-state index in [2.05, 4.69) is 4.98 Å². The fourth-order valence-corrected chi connectivity index (χ4v) is 3.37. The summed E-state index contributed by atoms with van der Waals surface area (Å²) in [6, 6.07) is 13.9. The van der Waals surface area contributed by atoms with Crippen molar-refractivity contribution in [2.75, 3.05) is 13.1 Å². The summed E-state index contributed by atoms with van der Waals surface area (Å²) in [6.45, 7) is 0.746. The van der Waals surface area contributed by atoms with Gasteiger partial charge in [0.05, 0.1) is 12.1 Å². The number of halogens is 3. The summed E-state index contributed by atoms with van der Waals surface area (Å²) in [7, 11) is 0. The van der Waals surface area contributed by atoms with E-state index in [9.17, 15) is 18.0 Å². The second kappa shape index (κ2) is 7.14. The summed E-state index contributed by atoms with van der Waals surface area (Å²) in [5, 5.41) is 0.954. The number of aromatic nitrogens is 1. The van der Waals surface area contributed by atoms with Gasteiger partial charge in [-0.3, -0.25) is 9.78 Å². The predicted octanol–water partition coefficient (Wildman–Crippen LogP) is 4.55. The topological polar surface area (TPSA) is 42.4 Å². The van der Waals surface area contributed by atoms with E-state index < -0.39 is 17.6 Å². The Morgan fingerprint density at radius 3 is 2.71 bits per heavy atom. The molecule has 0 bridgehead atoms. The molecular weight excluding hydrogens is 369 g/mol. The quantitative estimate of drug-likeness (QED) is 0.663. The van der Waals surface area contributed by atoms with Crippen LogP contribution in [0.1, 0.15) is 22.3 Å². The summed E-state index contributed by atoms with van der Waals surface area (Å²) in [6.07, 6.45) is -2.42. The highest BCUT2D eigenvalue weighted by atomic mass is 19.4. The summed E-state index contributed by atoms with van der Waals surface area (Å²) < 4.78 is 44.7. The summed E-state index contributed by atoms with van der Waals surface area (Å²) in [4.78, 5) is 18.5. The van der Waals surface area contributed by atoms with Crippen molar-refractivity contribution < 1.29 is 22.7 Å². The molecule has 1 unspecified atom stereocenters. The van der Waals surface area contributed by atoms with Crippen LogP contribution < -0.4 is 4.74 Å². The van der Waals surface area contributed by atoms with E-state index in [0.29, 0.717) is 25.3 Å². The number of fused-ring (bicyclic) bond motifs is 1. The minimum atomic E-state index is -4.48. The third kappa shape index (κ3) is 3.65. The number of hydrogen-bond donors (Lipinski definition) is 0. The molecule has 1 aromatic heterocycles. The number of amides is 1. The predicted molar refractivity (Wildman–Crippen MR) is 98.1 cm³/mol. The molecule has 1 aliphatic heterocycles. The van der Waals surface area contributed by atoms with Crippen molar-refractivity contribution in [1.82, 2.24) is 9.88 Å². The van der Waals surface area contributed by atoms with Crippen LogP contribution >= 0.6 is 0 Å². The number of nitrogens with zero attached hydrogens (tertiary/aromatic N) is 2. The molecule has 0 N–H and O–H groups in total. The Bertz CT molecular complexity index is 1010. The largest absolute Gasteiger partial charge is 0.486 e. The third-order valence-electron chi connectivity index (χ3n) is 4.76. The molecule has 28 heavy (non-hydrogen) atoms. The van der Waals surface area contributed by atoms with Gasteiger partial charge in [0, 0.05) is 30.1 Å². The van der Waals surface area contributed by atoms with Gasteiger partial charge >= 0.3 is 6.18 Å². The van der Waals surface area contributed by atoms with Gasteiger partial charge in [-0.1, -0.05) is 24.3 Å². The highest BCUT2D eigenvalue weighted by Gasteiger charge is 2.33. The number of carbonyl (C=O) groups is 1. The highest BCUT2D eigenvalue weighted by molar-refractivity contribution is 5.94. The van der Waals surface area contributed by atoms with Gasteiger partial charge in [0.25, 0.3) is 5.91 Å². The Hall–Kier alpha value is -3.09. The monoisotopic (exact) mass is 386 g/mol. The van der Waals surface area contributed by atoms with Crippen LogP contribution in [0.5, 0.6) is 5.75 Å². The highest BCUT2D eigenvalue weighted by Crippen LogP contribution is 2.30. The van der Waals surface area contributed by atoms with Crippen molar-refractivity contribution in [2.45, 2.75) is 18.7 Å². The van der Waals surface area contributed by atoms with Gasteiger partial charge < -0.3 is 9.64 Å². The normalized spacial score (nSPS) is 17.1. The first-order valence-corrected chi connectivity index (χ1v) is 8.89. The Labute approximate surface area is 159 Å².